The van der Waals surface area contributed by atoms with Crippen molar-refractivity contribution in [3.05, 3.63) is 41.2 Å². The standard InChI is InChI=1S/C14H12F2N2O3/c15-14(16)21-9-6-4-8(5-7-9)18-11-3-1-2-10(11)12(17-18)13(19)20/h4-7,14H,1-3H2,(H,19,20). The Hall–Kier alpha value is -2.44. The lowest BCUT2D eigenvalue weighted by Crippen LogP contribution is -2.05. The number of fused-ring (bicyclic) bond motifs is 1. The van der Waals surface area contributed by atoms with E-state index in [1.807, 2.05) is 0 Å². The van der Waals surface area contributed by atoms with E-state index in [9.17, 15) is 18.7 Å². The lowest BCUT2D eigenvalue weighted by atomic mass is 10.2. The van der Waals surface area contributed by atoms with Crippen LogP contribution in [0.4, 0.5) is 8.78 Å². The van der Waals surface area contributed by atoms with Gasteiger partial charge in [-0.3, -0.25) is 0 Å². The summed E-state index contributed by atoms with van der Waals surface area (Å²) in [6, 6.07) is 5.97. The molecule has 0 fully saturated rings. The quantitative estimate of drug-likeness (QED) is 0.941. The number of nitrogens with zero attached hydrogens (tertiary/aromatic N) is 2. The second kappa shape index (κ2) is 5.16. The van der Waals surface area contributed by atoms with Crippen molar-refractivity contribution in [2.24, 2.45) is 0 Å². The van der Waals surface area contributed by atoms with Crippen LogP contribution in [0.2, 0.25) is 0 Å². The van der Waals surface area contributed by atoms with Gasteiger partial charge in [-0.2, -0.15) is 13.9 Å². The summed E-state index contributed by atoms with van der Waals surface area (Å²) in [5.41, 5.74) is 2.32. The summed E-state index contributed by atoms with van der Waals surface area (Å²) >= 11 is 0. The summed E-state index contributed by atoms with van der Waals surface area (Å²) in [6.45, 7) is -2.87. The monoisotopic (exact) mass is 294 g/mol. The van der Waals surface area contributed by atoms with Gasteiger partial charge in [0.25, 0.3) is 0 Å². The first-order valence-electron chi connectivity index (χ1n) is 6.45. The minimum absolute atomic E-state index is 0.0519. The Balaban J connectivity index is 1.97. The van der Waals surface area contributed by atoms with Crippen molar-refractivity contribution in [3.8, 4) is 11.4 Å². The van der Waals surface area contributed by atoms with Gasteiger partial charge in [-0.05, 0) is 43.5 Å². The SMILES string of the molecule is O=C(O)c1nn(-c2ccc(OC(F)F)cc2)c2c1CCC2. The number of hydrogen-bond donors (Lipinski definition) is 1. The molecule has 1 heterocycles. The van der Waals surface area contributed by atoms with Crippen molar-refractivity contribution in [1.29, 1.82) is 0 Å². The van der Waals surface area contributed by atoms with Crippen molar-refractivity contribution >= 4 is 5.97 Å². The number of carboxylic acid groups (broad SMARTS) is 1. The molecule has 0 saturated heterocycles. The van der Waals surface area contributed by atoms with E-state index >= 15 is 0 Å². The molecule has 0 bridgehead atoms. The second-order valence-corrected chi connectivity index (χ2v) is 4.72. The molecule has 1 aliphatic rings. The summed E-state index contributed by atoms with van der Waals surface area (Å²) in [6.07, 6.45) is 2.34. The average Bonchev–Trinajstić information content (AvgIpc) is 3.00. The fraction of sp³-hybridized carbons (Fsp3) is 0.286. The molecule has 0 amide bonds. The number of ether oxygens (including phenoxy) is 1. The lowest BCUT2D eigenvalue weighted by molar-refractivity contribution is -0.0498. The Morgan fingerprint density at radius 2 is 2.00 bits per heavy atom. The highest BCUT2D eigenvalue weighted by atomic mass is 19.3. The molecule has 21 heavy (non-hydrogen) atoms. The van der Waals surface area contributed by atoms with Gasteiger partial charge in [-0.1, -0.05) is 0 Å². The fourth-order valence-electron chi connectivity index (χ4n) is 2.59. The van der Waals surface area contributed by atoms with Crippen LogP contribution in [0.15, 0.2) is 24.3 Å². The van der Waals surface area contributed by atoms with Crippen molar-refractivity contribution in [1.82, 2.24) is 9.78 Å². The molecule has 3 rings (SSSR count). The summed E-state index contributed by atoms with van der Waals surface area (Å²) < 4.78 is 30.1. The van der Waals surface area contributed by atoms with Crippen LogP contribution < -0.4 is 4.74 Å². The summed E-state index contributed by atoms with van der Waals surface area (Å²) in [4.78, 5) is 11.2. The van der Waals surface area contributed by atoms with Crippen LogP contribution >= 0.6 is 0 Å². The van der Waals surface area contributed by atoms with Gasteiger partial charge >= 0.3 is 12.6 Å². The summed E-state index contributed by atoms with van der Waals surface area (Å²) in [5, 5.41) is 13.3. The number of carbonyl (C=O) groups is 1. The molecule has 0 spiro atoms. The van der Waals surface area contributed by atoms with Gasteiger partial charge in [0.15, 0.2) is 5.69 Å². The Labute approximate surface area is 118 Å². The fourth-order valence-corrected chi connectivity index (χ4v) is 2.59. The zero-order valence-corrected chi connectivity index (χ0v) is 10.9. The topological polar surface area (TPSA) is 64.3 Å². The first-order chi connectivity index (χ1) is 10.1. The molecular weight excluding hydrogens is 282 g/mol. The number of alkyl halides is 2. The molecule has 0 atom stereocenters. The minimum atomic E-state index is -2.87. The highest BCUT2D eigenvalue weighted by Gasteiger charge is 2.26. The average molecular weight is 294 g/mol. The second-order valence-electron chi connectivity index (χ2n) is 4.72. The zero-order chi connectivity index (χ0) is 15.0. The molecule has 2 aromatic rings. The van der Waals surface area contributed by atoms with Gasteiger partial charge in [0.2, 0.25) is 0 Å². The molecular formula is C14H12F2N2O3. The molecule has 0 unspecified atom stereocenters. The first-order valence-corrected chi connectivity index (χ1v) is 6.45. The number of aromatic nitrogens is 2. The van der Waals surface area contributed by atoms with Crippen LogP contribution in [0.3, 0.4) is 0 Å². The van der Waals surface area contributed by atoms with Crippen LogP contribution in [0.5, 0.6) is 5.75 Å². The maximum absolute atomic E-state index is 12.1. The molecule has 110 valence electrons. The van der Waals surface area contributed by atoms with Gasteiger partial charge in [0.1, 0.15) is 5.75 Å². The number of benzene rings is 1. The summed E-state index contributed by atoms with van der Waals surface area (Å²) in [7, 11) is 0. The smallest absolute Gasteiger partial charge is 0.387 e. The molecule has 1 N–H and O–H groups in total. The van der Waals surface area contributed by atoms with Crippen LogP contribution in [0.1, 0.15) is 28.2 Å². The molecule has 0 saturated carbocycles. The van der Waals surface area contributed by atoms with E-state index in [0.717, 1.165) is 24.1 Å². The molecule has 1 aliphatic carbocycles. The maximum Gasteiger partial charge on any atom is 0.387 e. The number of aromatic carboxylic acids is 1. The Bertz CT molecular complexity index is 680. The van der Waals surface area contributed by atoms with E-state index in [-0.39, 0.29) is 11.4 Å². The van der Waals surface area contributed by atoms with Gasteiger partial charge in [0.05, 0.1) is 5.69 Å². The van der Waals surface area contributed by atoms with Crippen LogP contribution in [0, 0.1) is 0 Å². The largest absolute Gasteiger partial charge is 0.476 e. The van der Waals surface area contributed by atoms with E-state index in [0.29, 0.717) is 12.1 Å². The molecule has 0 aliphatic heterocycles. The highest BCUT2D eigenvalue weighted by Crippen LogP contribution is 2.28. The third-order valence-corrected chi connectivity index (χ3v) is 3.44. The van der Waals surface area contributed by atoms with Crippen molar-refractivity contribution in [3.63, 3.8) is 0 Å². The Morgan fingerprint density at radius 1 is 1.29 bits per heavy atom. The molecule has 0 radical (unpaired) electrons. The van der Waals surface area contributed by atoms with E-state index < -0.39 is 12.6 Å². The van der Waals surface area contributed by atoms with Crippen molar-refractivity contribution in [2.45, 2.75) is 25.9 Å². The van der Waals surface area contributed by atoms with Gasteiger partial charge in [-0.15, -0.1) is 0 Å². The third kappa shape index (κ3) is 2.46. The predicted molar refractivity (Wildman–Crippen MR) is 69.2 cm³/mol. The van der Waals surface area contributed by atoms with Crippen molar-refractivity contribution < 1.29 is 23.4 Å². The lowest BCUT2D eigenvalue weighted by Gasteiger charge is -2.08. The molecule has 1 aromatic heterocycles. The molecule has 5 nitrogen and oxygen atoms in total. The zero-order valence-electron chi connectivity index (χ0n) is 10.9. The molecule has 1 aromatic carbocycles. The maximum atomic E-state index is 12.1. The molecule has 7 heteroatoms. The number of halogens is 2. The van der Waals surface area contributed by atoms with Gasteiger partial charge in [0, 0.05) is 11.3 Å². The van der Waals surface area contributed by atoms with Crippen LogP contribution in [0.25, 0.3) is 5.69 Å². The van der Waals surface area contributed by atoms with E-state index in [1.54, 1.807) is 16.8 Å². The van der Waals surface area contributed by atoms with Crippen LogP contribution in [-0.4, -0.2) is 27.5 Å². The number of rotatable bonds is 4. The highest BCUT2D eigenvalue weighted by molar-refractivity contribution is 5.87. The number of carboxylic acids is 1. The van der Waals surface area contributed by atoms with Gasteiger partial charge in [-0.25, -0.2) is 9.48 Å². The van der Waals surface area contributed by atoms with E-state index in [4.69, 9.17) is 0 Å². The number of hydrogen-bond acceptors (Lipinski definition) is 3. The first kappa shape index (κ1) is 13.5. The Kier molecular flexibility index (Phi) is 3.32. The predicted octanol–water partition coefficient (Wildman–Crippen LogP) is 2.66. The third-order valence-electron chi connectivity index (χ3n) is 3.44. The summed E-state index contributed by atoms with van der Waals surface area (Å²) in [5.74, 6) is -0.999. The Morgan fingerprint density at radius 3 is 2.62 bits per heavy atom. The van der Waals surface area contributed by atoms with E-state index in [2.05, 4.69) is 9.84 Å². The van der Waals surface area contributed by atoms with Crippen molar-refractivity contribution in [2.75, 3.05) is 0 Å². The van der Waals surface area contributed by atoms with Gasteiger partial charge < -0.3 is 9.84 Å². The normalized spacial score (nSPS) is 13.5. The van der Waals surface area contributed by atoms with Crippen LogP contribution in [-0.2, 0) is 12.8 Å². The van der Waals surface area contributed by atoms with E-state index in [1.165, 1.54) is 12.1 Å². The minimum Gasteiger partial charge on any atom is -0.476 e.